The van der Waals surface area contributed by atoms with Crippen LogP contribution >= 0.6 is 0 Å². The van der Waals surface area contributed by atoms with Crippen LogP contribution in [0.2, 0.25) is 0 Å². The highest BCUT2D eigenvalue weighted by Gasteiger charge is 2.18. The minimum Gasteiger partial charge on any atom is -0.480 e. The molecule has 0 spiro atoms. The van der Waals surface area contributed by atoms with Crippen LogP contribution in [0.25, 0.3) is 0 Å². The SMILES string of the molecule is C=CCNC(C(=O)O)c1ccc(C(C)C)cc1. The molecule has 3 heteroatoms. The highest BCUT2D eigenvalue weighted by Crippen LogP contribution is 2.18. The summed E-state index contributed by atoms with van der Waals surface area (Å²) in [6.45, 7) is 8.26. The molecule has 0 saturated heterocycles. The van der Waals surface area contributed by atoms with Gasteiger partial charge in [0.2, 0.25) is 0 Å². The van der Waals surface area contributed by atoms with E-state index in [0.29, 0.717) is 12.5 Å². The van der Waals surface area contributed by atoms with Gasteiger partial charge in [0.15, 0.2) is 0 Å². The van der Waals surface area contributed by atoms with Crippen molar-refractivity contribution in [1.82, 2.24) is 5.32 Å². The second-order valence-electron chi connectivity index (χ2n) is 4.29. The summed E-state index contributed by atoms with van der Waals surface area (Å²) in [4.78, 5) is 11.1. The maximum Gasteiger partial charge on any atom is 0.325 e. The number of aliphatic carboxylic acids is 1. The lowest BCUT2D eigenvalue weighted by Gasteiger charge is -2.14. The molecule has 0 aliphatic heterocycles. The van der Waals surface area contributed by atoms with Gasteiger partial charge in [-0.1, -0.05) is 44.2 Å². The second-order valence-corrected chi connectivity index (χ2v) is 4.29. The van der Waals surface area contributed by atoms with Crippen LogP contribution in [0.3, 0.4) is 0 Å². The summed E-state index contributed by atoms with van der Waals surface area (Å²) in [5.41, 5.74) is 1.98. The monoisotopic (exact) mass is 233 g/mol. The number of carboxylic acid groups (broad SMARTS) is 1. The molecule has 1 atom stereocenters. The normalized spacial score (nSPS) is 12.4. The molecule has 1 unspecified atom stereocenters. The van der Waals surface area contributed by atoms with Gasteiger partial charge in [0, 0.05) is 6.54 Å². The van der Waals surface area contributed by atoms with E-state index in [0.717, 1.165) is 5.56 Å². The first-order valence-corrected chi connectivity index (χ1v) is 5.73. The third kappa shape index (κ3) is 3.71. The average molecular weight is 233 g/mol. The number of nitrogens with one attached hydrogen (secondary N) is 1. The second kappa shape index (κ2) is 6.21. The summed E-state index contributed by atoms with van der Waals surface area (Å²) in [7, 11) is 0. The molecule has 0 aliphatic rings. The summed E-state index contributed by atoms with van der Waals surface area (Å²) in [5, 5.41) is 12.1. The van der Waals surface area contributed by atoms with Gasteiger partial charge in [-0.15, -0.1) is 6.58 Å². The van der Waals surface area contributed by atoms with Crippen molar-refractivity contribution in [3.8, 4) is 0 Å². The van der Waals surface area contributed by atoms with Crippen molar-refractivity contribution < 1.29 is 9.90 Å². The number of hydrogen-bond donors (Lipinski definition) is 2. The molecule has 0 saturated carbocycles. The molecule has 1 aromatic carbocycles. The first-order valence-electron chi connectivity index (χ1n) is 5.73. The Morgan fingerprint density at radius 3 is 2.29 bits per heavy atom. The van der Waals surface area contributed by atoms with Crippen LogP contribution in [0, 0.1) is 0 Å². The molecule has 1 rings (SSSR count). The molecule has 2 N–H and O–H groups in total. The molecule has 0 bridgehead atoms. The van der Waals surface area contributed by atoms with Crippen LogP contribution < -0.4 is 5.32 Å². The van der Waals surface area contributed by atoms with Gasteiger partial charge in [0.1, 0.15) is 6.04 Å². The zero-order chi connectivity index (χ0) is 12.8. The summed E-state index contributed by atoms with van der Waals surface area (Å²) in [6, 6.07) is 7.01. The van der Waals surface area contributed by atoms with Crippen molar-refractivity contribution in [1.29, 1.82) is 0 Å². The maximum absolute atomic E-state index is 11.1. The number of hydrogen-bond acceptors (Lipinski definition) is 2. The molecule has 1 aromatic rings. The van der Waals surface area contributed by atoms with Crippen LogP contribution in [-0.4, -0.2) is 17.6 Å². The van der Waals surface area contributed by atoms with E-state index in [1.807, 2.05) is 24.3 Å². The highest BCUT2D eigenvalue weighted by atomic mass is 16.4. The predicted molar refractivity (Wildman–Crippen MR) is 69.1 cm³/mol. The minimum absolute atomic E-state index is 0.452. The molecular weight excluding hydrogens is 214 g/mol. The van der Waals surface area contributed by atoms with Crippen molar-refractivity contribution in [2.75, 3.05) is 6.54 Å². The molecule has 0 aromatic heterocycles. The third-order valence-electron chi connectivity index (χ3n) is 2.65. The molecule has 17 heavy (non-hydrogen) atoms. The van der Waals surface area contributed by atoms with Gasteiger partial charge in [-0.3, -0.25) is 10.1 Å². The summed E-state index contributed by atoms with van der Waals surface area (Å²) in [5.74, 6) is -0.419. The smallest absolute Gasteiger partial charge is 0.325 e. The summed E-state index contributed by atoms with van der Waals surface area (Å²) in [6.07, 6.45) is 1.65. The lowest BCUT2D eigenvalue weighted by atomic mass is 9.99. The third-order valence-corrected chi connectivity index (χ3v) is 2.65. The number of benzene rings is 1. The lowest BCUT2D eigenvalue weighted by Crippen LogP contribution is -2.28. The standard InChI is InChI=1S/C14H19NO2/c1-4-9-15-13(14(16)17)12-7-5-11(6-8-12)10(2)3/h4-8,10,13,15H,1,9H2,2-3H3,(H,16,17). The van der Waals surface area contributed by atoms with E-state index in [2.05, 4.69) is 25.7 Å². The first-order chi connectivity index (χ1) is 8.06. The van der Waals surface area contributed by atoms with E-state index < -0.39 is 12.0 Å². The molecule has 0 heterocycles. The van der Waals surface area contributed by atoms with Crippen molar-refractivity contribution in [2.45, 2.75) is 25.8 Å². The van der Waals surface area contributed by atoms with Gasteiger partial charge in [-0.2, -0.15) is 0 Å². The Hall–Kier alpha value is -1.61. The van der Waals surface area contributed by atoms with Gasteiger partial charge in [0.25, 0.3) is 0 Å². The van der Waals surface area contributed by atoms with Crippen LogP contribution in [0.1, 0.15) is 36.9 Å². The zero-order valence-corrected chi connectivity index (χ0v) is 10.3. The van der Waals surface area contributed by atoms with E-state index >= 15 is 0 Å². The number of carboxylic acids is 1. The molecule has 0 radical (unpaired) electrons. The topological polar surface area (TPSA) is 49.3 Å². The molecule has 3 nitrogen and oxygen atoms in total. The largest absolute Gasteiger partial charge is 0.480 e. The van der Waals surface area contributed by atoms with Crippen LogP contribution in [0.5, 0.6) is 0 Å². The van der Waals surface area contributed by atoms with Gasteiger partial charge >= 0.3 is 5.97 Å². The van der Waals surface area contributed by atoms with Crippen LogP contribution in [-0.2, 0) is 4.79 Å². The average Bonchev–Trinajstić information content (AvgIpc) is 2.29. The zero-order valence-electron chi connectivity index (χ0n) is 10.3. The molecule has 92 valence electrons. The number of rotatable bonds is 6. The van der Waals surface area contributed by atoms with Gasteiger partial charge in [-0.25, -0.2) is 0 Å². The van der Waals surface area contributed by atoms with E-state index in [4.69, 9.17) is 5.11 Å². The van der Waals surface area contributed by atoms with Crippen LogP contribution in [0.4, 0.5) is 0 Å². The highest BCUT2D eigenvalue weighted by molar-refractivity contribution is 5.75. The van der Waals surface area contributed by atoms with E-state index in [-0.39, 0.29) is 0 Å². The van der Waals surface area contributed by atoms with Crippen molar-refractivity contribution >= 4 is 5.97 Å². The fourth-order valence-corrected chi connectivity index (χ4v) is 1.62. The van der Waals surface area contributed by atoms with E-state index in [1.165, 1.54) is 5.56 Å². The Balaban J connectivity index is 2.87. The molecule has 0 amide bonds. The number of carbonyl (C=O) groups is 1. The quantitative estimate of drug-likeness (QED) is 0.743. The molecule has 0 fully saturated rings. The fourth-order valence-electron chi connectivity index (χ4n) is 1.62. The van der Waals surface area contributed by atoms with E-state index in [1.54, 1.807) is 6.08 Å². The fraction of sp³-hybridized carbons (Fsp3) is 0.357. The summed E-state index contributed by atoms with van der Waals surface area (Å²) >= 11 is 0. The molecule has 0 aliphatic carbocycles. The Morgan fingerprint density at radius 1 is 1.35 bits per heavy atom. The van der Waals surface area contributed by atoms with Gasteiger partial charge in [-0.05, 0) is 17.0 Å². The van der Waals surface area contributed by atoms with Crippen molar-refractivity contribution in [2.24, 2.45) is 0 Å². The molecular formula is C14H19NO2. The minimum atomic E-state index is -0.871. The van der Waals surface area contributed by atoms with Gasteiger partial charge < -0.3 is 5.11 Å². The van der Waals surface area contributed by atoms with Crippen molar-refractivity contribution in [3.05, 3.63) is 48.0 Å². The predicted octanol–water partition coefficient (Wildman–Crippen LogP) is 2.71. The Kier molecular flexibility index (Phi) is 4.91. The van der Waals surface area contributed by atoms with Crippen molar-refractivity contribution in [3.63, 3.8) is 0 Å². The Bertz CT molecular complexity index is 382. The maximum atomic E-state index is 11.1. The van der Waals surface area contributed by atoms with Crippen LogP contribution in [0.15, 0.2) is 36.9 Å². The first kappa shape index (κ1) is 13.5. The van der Waals surface area contributed by atoms with E-state index in [9.17, 15) is 4.79 Å². The lowest BCUT2D eigenvalue weighted by molar-refractivity contribution is -0.139. The summed E-state index contributed by atoms with van der Waals surface area (Å²) < 4.78 is 0. The Morgan fingerprint density at radius 2 is 1.88 bits per heavy atom. The Labute approximate surface area is 102 Å². The van der Waals surface area contributed by atoms with Gasteiger partial charge in [0.05, 0.1) is 0 Å².